The number of carbonyl (C=O) groups excluding carboxylic acids is 2. The van der Waals surface area contributed by atoms with Gasteiger partial charge in [-0.1, -0.05) is 12.1 Å². The number of hydrogen-bond acceptors (Lipinski definition) is 4. The summed E-state index contributed by atoms with van der Waals surface area (Å²) in [4.78, 5) is 31.2. The standard InChI is InChI=1S/C20H27N5O2/c1-24(2)17-7-5-16(6-8-17)18(25(3)4)14-23-20(27)19(26)22-13-15-9-11-21-12-10-15/h5-12,18H,13-14H2,1-4H3,(H,22,26)(H,23,27)/p+1/t18-/m1/s1. The van der Waals surface area contributed by atoms with E-state index in [0.29, 0.717) is 13.1 Å². The van der Waals surface area contributed by atoms with E-state index in [-0.39, 0.29) is 6.04 Å². The number of amides is 2. The van der Waals surface area contributed by atoms with Gasteiger partial charge >= 0.3 is 11.8 Å². The van der Waals surface area contributed by atoms with Crippen molar-refractivity contribution >= 4 is 17.5 Å². The third-order valence-corrected chi connectivity index (χ3v) is 4.38. The van der Waals surface area contributed by atoms with Gasteiger partial charge in [-0.05, 0) is 29.8 Å². The van der Waals surface area contributed by atoms with Crippen molar-refractivity contribution in [3.05, 3.63) is 59.9 Å². The van der Waals surface area contributed by atoms with Crippen molar-refractivity contribution in [2.24, 2.45) is 0 Å². The summed E-state index contributed by atoms with van der Waals surface area (Å²) in [5.74, 6) is -1.26. The van der Waals surface area contributed by atoms with Gasteiger partial charge in [0.25, 0.3) is 0 Å². The highest BCUT2D eigenvalue weighted by atomic mass is 16.2. The number of anilines is 1. The number of nitrogens with zero attached hydrogens (tertiary/aromatic N) is 2. The van der Waals surface area contributed by atoms with Crippen LogP contribution in [0.2, 0.25) is 0 Å². The maximum absolute atomic E-state index is 12.1. The maximum Gasteiger partial charge on any atom is 0.309 e. The van der Waals surface area contributed by atoms with E-state index < -0.39 is 11.8 Å². The van der Waals surface area contributed by atoms with E-state index in [0.717, 1.165) is 16.8 Å². The Morgan fingerprint density at radius 3 is 2.15 bits per heavy atom. The Morgan fingerprint density at radius 1 is 1.00 bits per heavy atom. The molecule has 0 radical (unpaired) electrons. The van der Waals surface area contributed by atoms with Crippen LogP contribution in [-0.4, -0.2) is 51.5 Å². The molecule has 0 aliphatic rings. The second-order valence-corrected chi connectivity index (χ2v) is 6.86. The van der Waals surface area contributed by atoms with Crippen LogP contribution in [0.15, 0.2) is 48.8 Å². The molecule has 1 heterocycles. The third kappa shape index (κ3) is 6.07. The van der Waals surface area contributed by atoms with Crippen LogP contribution in [0, 0.1) is 0 Å². The lowest BCUT2D eigenvalue weighted by atomic mass is 10.1. The van der Waals surface area contributed by atoms with Crippen LogP contribution in [0.25, 0.3) is 0 Å². The van der Waals surface area contributed by atoms with Crippen LogP contribution in [0.5, 0.6) is 0 Å². The summed E-state index contributed by atoms with van der Waals surface area (Å²) in [5.41, 5.74) is 3.12. The number of benzene rings is 1. The third-order valence-electron chi connectivity index (χ3n) is 4.38. The van der Waals surface area contributed by atoms with Crippen molar-refractivity contribution in [3.8, 4) is 0 Å². The topological polar surface area (TPSA) is 78.8 Å². The number of quaternary nitrogens is 1. The molecule has 3 N–H and O–H groups in total. The second kappa shape index (κ2) is 9.68. The highest BCUT2D eigenvalue weighted by molar-refractivity contribution is 6.35. The molecule has 2 aromatic rings. The molecule has 144 valence electrons. The zero-order valence-corrected chi connectivity index (χ0v) is 16.3. The van der Waals surface area contributed by atoms with Gasteiger partial charge in [0.05, 0.1) is 20.6 Å². The minimum Gasteiger partial charge on any atom is -0.378 e. The highest BCUT2D eigenvalue weighted by Gasteiger charge is 2.21. The Labute approximate surface area is 160 Å². The molecule has 0 bridgehead atoms. The smallest absolute Gasteiger partial charge is 0.309 e. The van der Waals surface area contributed by atoms with Crippen LogP contribution in [-0.2, 0) is 16.1 Å². The van der Waals surface area contributed by atoms with Crippen molar-refractivity contribution in [1.29, 1.82) is 0 Å². The summed E-state index contributed by atoms with van der Waals surface area (Å²) in [6.45, 7) is 0.675. The minimum absolute atomic E-state index is 0.0539. The molecular weight excluding hydrogens is 342 g/mol. The maximum atomic E-state index is 12.1. The second-order valence-electron chi connectivity index (χ2n) is 6.86. The Bertz CT molecular complexity index is 745. The first kappa shape index (κ1) is 20.4. The van der Waals surface area contributed by atoms with Gasteiger partial charge < -0.3 is 20.4 Å². The number of likely N-dealkylation sites (N-methyl/N-ethyl adjacent to an activating group) is 1. The highest BCUT2D eigenvalue weighted by Crippen LogP contribution is 2.16. The van der Waals surface area contributed by atoms with E-state index >= 15 is 0 Å². The first-order chi connectivity index (χ1) is 12.9. The fourth-order valence-corrected chi connectivity index (χ4v) is 2.70. The molecule has 2 rings (SSSR count). The summed E-state index contributed by atoms with van der Waals surface area (Å²) in [6, 6.07) is 11.9. The monoisotopic (exact) mass is 370 g/mol. The molecule has 0 saturated carbocycles. The lowest BCUT2D eigenvalue weighted by Gasteiger charge is -2.23. The van der Waals surface area contributed by atoms with Gasteiger partial charge in [0, 0.05) is 44.3 Å². The van der Waals surface area contributed by atoms with Crippen LogP contribution >= 0.6 is 0 Å². The molecule has 0 aliphatic carbocycles. The van der Waals surface area contributed by atoms with Gasteiger partial charge in [0.15, 0.2) is 0 Å². The lowest BCUT2D eigenvalue weighted by Crippen LogP contribution is -3.07. The first-order valence-electron chi connectivity index (χ1n) is 8.90. The molecule has 2 amide bonds. The zero-order valence-electron chi connectivity index (χ0n) is 16.3. The van der Waals surface area contributed by atoms with Gasteiger partial charge in [0.1, 0.15) is 6.04 Å². The minimum atomic E-state index is -0.637. The van der Waals surface area contributed by atoms with E-state index in [9.17, 15) is 9.59 Å². The molecule has 1 atom stereocenters. The fraction of sp³-hybridized carbons (Fsp3) is 0.350. The predicted octanol–water partition coefficient (Wildman–Crippen LogP) is -0.234. The molecule has 7 nitrogen and oxygen atoms in total. The average Bonchev–Trinajstić information content (AvgIpc) is 2.67. The first-order valence-corrected chi connectivity index (χ1v) is 8.90. The molecule has 1 aromatic carbocycles. The largest absolute Gasteiger partial charge is 0.378 e. The van der Waals surface area contributed by atoms with E-state index in [1.54, 1.807) is 24.5 Å². The van der Waals surface area contributed by atoms with Gasteiger partial charge in [-0.3, -0.25) is 14.6 Å². The van der Waals surface area contributed by atoms with E-state index in [1.165, 1.54) is 4.90 Å². The molecule has 0 unspecified atom stereocenters. The quantitative estimate of drug-likeness (QED) is 0.588. The molecule has 0 spiro atoms. The summed E-state index contributed by atoms with van der Waals surface area (Å²) < 4.78 is 0. The van der Waals surface area contributed by atoms with E-state index in [4.69, 9.17) is 0 Å². The van der Waals surface area contributed by atoms with Crippen LogP contribution in [0.4, 0.5) is 5.69 Å². The SMILES string of the molecule is CN(C)c1ccc([C@@H](CNC(=O)C(=O)NCc2ccncc2)[NH+](C)C)cc1. The number of rotatable bonds is 7. The van der Waals surface area contributed by atoms with Crippen LogP contribution < -0.4 is 20.4 Å². The number of pyridine rings is 1. The van der Waals surface area contributed by atoms with Crippen molar-refractivity contribution < 1.29 is 14.5 Å². The lowest BCUT2D eigenvalue weighted by molar-refractivity contribution is -0.890. The molecule has 0 saturated heterocycles. The van der Waals surface area contributed by atoms with Crippen molar-refractivity contribution in [3.63, 3.8) is 0 Å². The molecule has 0 fully saturated rings. The van der Waals surface area contributed by atoms with Crippen LogP contribution in [0.3, 0.4) is 0 Å². The number of nitrogens with one attached hydrogen (secondary N) is 3. The average molecular weight is 370 g/mol. The normalized spacial score (nSPS) is 11.7. The van der Waals surface area contributed by atoms with Crippen molar-refractivity contribution in [1.82, 2.24) is 15.6 Å². The number of carbonyl (C=O) groups is 2. The van der Waals surface area contributed by atoms with Gasteiger partial charge in [-0.15, -0.1) is 0 Å². The fourth-order valence-electron chi connectivity index (χ4n) is 2.70. The Balaban J connectivity index is 1.90. The molecule has 0 aliphatic heterocycles. The van der Waals surface area contributed by atoms with Crippen LogP contribution in [0.1, 0.15) is 17.2 Å². The molecular formula is C20H28N5O2+. The Kier molecular flexibility index (Phi) is 7.31. The Morgan fingerprint density at radius 2 is 1.59 bits per heavy atom. The Hall–Kier alpha value is -2.93. The number of aromatic nitrogens is 1. The summed E-state index contributed by atoms with van der Waals surface area (Å²) >= 11 is 0. The molecule has 1 aromatic heterocycles. The van der Waals surface area contributed by atoms with Crippen molar-refractivity contribution in [2.45, 2.75) is 12.6 Å². The zero-order chi connectivity index (χ0) is 19.8. The molecule has 7 heteroatoms. The van der Waals surface area contributed by atoms with Gasteiger partial charge in [-0.25, -0.2) is 0 Å². The summed E-state index contributed by atoms with van der Waals surface area (Å²) in [5, 5.41) is 5.36. The molecule has 27 heavy (non-hydrogen) atoms. The van der Waals surface area contributed by atoms with Gasteiger partial charge in [-0.2, -0.15) is 0 Å². The van der Waals surface area contributed by atoms with Crippen molar-refractivity contribution in [2.75, 3.05) is 39.6 Å². The number of hydrogen-bond donors (Lipinski definition) is 3. The predicted molar refractivity (Wildman–Crippen MR) is 105 cm³/mol. The van der Waals surface area contributed by atoms with E-state index in [1.807, 2.05) is 33.1 Å². The summed E-state index contributed by atoms with van der Waals surface area (Å²) in [7, 11) is 8.04. The van der Waals surface area contributed by atoms with Gasteiger partial charge in [0.2, 0.25) is 0 Å². The van der Waals surface area contributed by atoms with E-state index in [2.05, 4.69) is 39.9 Å². The summed E-state index contributed by atoms with van der Waals surface area (Å²) in [6.07, 6.45) is 3.29.